The number of carbonyl (C=O) groups excluding carboxylic acids is 2. The van der Waals surface area contributed by atoms with E-state index in [-0.39, 0.29) is 25.1 Å². The zero-order valence-corrected chi connectivity index (χ0v) is 59.7. The maximum absolute atomic E-state index is 13.6. The molecule has 0 rings (SSSR count). The van der Waals surface area contributed by atoms with Gasteiger partial charge in [0.15, 0.2) is 0 Å². The van der Waals surface area contributed by atoms with Crippen LogP contribution in [0, 0.1) is 0 Å². The third-order valence-electron chi connectivity index (χ3n) is 17.2. The molecule has 0 spiro atoms. The molecule has 0 aromatic rings. The van der Waals surface area contributed by atoms with Crippen LogP contribution >= 0.6 is 7.82 Å². The molecule has 10 heteroatoms. The quantitative estimate of drug-likeness (QED) is 0.0205. The molecule has 0 bridgehead atoms. The number of amides is 1. The van der Waals surface area contributed by atoms with Crippen LogP contribution in [0.25, 0.3) is 0 Å². The van der Waals surface area contributed by atoms with E-state index in [0.29, 0.717) is 23.9 Å². The topological polar surface area (TPSA) is 111 Å². The van der Waals surface area contributed by atoms with Gasteiger partial charge in [-0.15, -0.1) is 0 Å². The summed E-state index contributed by atoms with van der Waals surface area (Å²) in [7, 11) is 1.51. The second-order valence-corrected chi connectivity index (χ2v) is 28.6. The standard InChI is InChI=1S/C77H147N2O7P/c1-7-10-13-16-19-22-25-27-29-31-33-35-37-38-39-40-42-44-46-48-50-52-55-58-61-64-67-70-77(81)86-75(68-65-62-59-56-53-24-21-18-15-12-9-3)74(73-85-87(82,83)84-72-71-79(4,5)6)78-76(80)69-66-63-60-57-54-51-49-47-45-43-41-36-34-32-30-28-26-23-20-17-14-11-8-2/h19,22,27-30,65,68,74-75H,7-18,20-21,23-26,31-64,66-67,69-73H2,1-6H3,(H-,78,80,82,83)/p+1/b22-19-,29-27-,30-28+,68-65+. The van der Waals surface area contributed by atoms with Crippen molar-refractivity contribution in [3.63, 3.8) is 0 Å². The summed E-state index contributed by atoms with van der Waals surface area (Å²) in [5, 5.41) is 3.08. The number of ether oxygens (including phenoxy) is 1. The first-order valence-electron chi connectivity index (χ1n) is 38.0. The number of unbranched alkanes of at least 4 members (excludes halogenated alkanes) is 48. The van der Waals surface area contributed by atoms with Crippen LogP contribution in [0.2, 0.25) is 0 Å². The first kappa shape index (κ1) is 85.0. The van der Waals surface area contributed by atoms with Crippen molar-refractivity contribution in [3.05, 3.63) is 48.6 Å². The van der Waals surface area contributed by atoms with E-state index < -0.39 is 20.0 Å². The number of allylic oxidation sites excluding steroid dienone is 7. The number of likely N-dealkylation sites (N-methyl/N-ethyl adjacent to an activating group) is 1. The molecule has 0 aliphatic rings. The molecule has 0 aliphatic heterocycles. The maximum atomic E-state index is 13.6. The molecule has 512 valence electrons. The van der Waals surface area contributed by atoms with Crippen LogP contribution in [-0.2, 0) is 27.9 Å². The summed E-state index contributed by atoms with van der Waals surface area (Å²) in [6.45, 7) is 7.04. The van der Waals surface area contributed by atoms with Gasteiger partial charge >= 0.3 is 13.8 Å². The van der Waals surface area contributed by atoms with Gasteiger partial charge < -0.3 is 19.4 Å². The first-order valence-corrected chi connectivity index (χ1v) is 39.5. The van der Waals surface area contributed by atoms with Gasteiger partial charge in [-0.25, -0.2) is 4.57 Å². The smallest absolute Gasteiger partial charge is 0.456 e. The molecule has 87 heavy (non-hydrogen) atoms. The molecule has 2 N–H and O–H groups in total. The lowest BCUT2D eigenvalue weighted by molar-refractivity contribution is -0.870. The number of phosphoric ester groups is 1. The molecule has 0 heterocycles. The lowest BCUT2D eigenvalue weighted by Crippen LogP contribution is -2.47. The van der Waals surface area contributed by atoms with Crippen LogP contribution in [0.3, 0.4) is 0 Å². The zero-order valence-electron chi connectivity index (χ0n) is 58.8. The minimum atomic E-state index is -4.45. The van der Waals surface area contributed by atoms with E-state index in [9.17, 15) is 19.0 Å². The van der Waals surface area contributed by atoms with Crippen molar-refractivity contribution in [2.45, 2.75) is 392 Å². The Morgan fingerprint density at radius 1 is 0.402 bits per heavy atom. The number of hydrogen-bond acceptors (Lipinski definition) is 6. The number of quaternary nitrogens is 1. The third kappa shape index (κ3) is 68.2. The van der Waals surface area contributed by atoms with Gasteiger partial charge in [0, 0.05) is 12.8 Å². The van der Waals surface area contributed by atoms with Crippen molar-refractivity contribution < 1.29 is 37.3 Å². The van der Waals surface area contributed by atoms with Gasteiger partial charge in [0.05, 0.1) is 33.8 Å². The lowest BCUT2D eigenvalue weighted by Gasteiger charge is -2.27. The van der Waals surface area contributed by atoms with Gasteiger partial charge in [0.1, 0.15) is 19.3 Å². The van der Waals surface area contributed by atoms with E-state index in [1.54, 1.807) is 0 Å². The third-order valence-corrected chi connectivity index (χ3v) is 18.2. The van der Waals surface area contributed by atoms with E-state index in [1.165, 1.54) is 283 Å². The molecule has 1 amide bonds. The highest BCUT2D eigenvalue weighted by atomic mass is 31.2. The molecule has 3 atom stereocenters. The van der Waals surface area contributed by atoms with Crippen LogP contribution in [-0.4, -0.2) is 74.3 Å². The monoisotopic (exact) mass is 1240 g/mol. The average Bonchev–Trinajstić information content (AvgIpc) is 3.70. The van der Waals surface area contributed by atoms with Crippen LogP contribution in [0.1, 0.15) is 380 Å². The summed E-state index contributed by atoms with van der Waals surface area (Å²) in [6, 6.07) is -0.847. The second kappa shape index (κ2) is 66.9. The highest BCUT2D eigenvalue weighted by Crippen LogP contribution is 2.43. The predicted octanol–water partition coefficient (Wildman–Crippen LogP) is 24.4. The Labute approximate surface area is 541 Å². The number of rotatable bonds is 70. The molecular formula is C77H148N2O7P+. The van der Waals surface area contributed by atoms with Crippen molar-refractivity contribution in [3.8, 4) is 0 Å². The number of esters is 1. The summed E-state index contributed by atoms with van der Waals surface area (Å²) in [4.78, 5) is 37.9. The molecule has 0 saturated carbocycles. The minimum Gasteiger partial charge on any atom is -0.456 e. The average molecular weight is 1250 g/mol. The fourth-order valence-electron chi connectivity index (χ4n) is 11.4. The highest BCUT2D eigenvalue weighted by molar-refractivity contribution is 7.47. The number of phosphoric acid groups is 1. The summed E-state index contributed by atoms with van der Waals surface area (Å²) in [5.41, 5.74) is 0. The van der Waals surface area contributed by atoms with Crippen LogP contribution in [0.15, 0.2) is 48.6 Å². The normalized spacial score (nSPS) is 13.7. The Kier molecular flexibility index (Phi) is 65.3. The molecule has 0 aromatic heterocycles. The molecule has 0 fully saturated rings. The van der Waals surface area contributed by atoms with Gasteiger partial charge in [-0.2, -0.15) is 0 Å². The van der Waals surface area contributed by atoms with Gasteiger partial charge in [-0.3, -0.25) is 18.6 Å². The van der Waals surface area contributed by atoms with Crippen LogP contribution in [0.4, 0.5) is 0 Å². The predicted molar refractivity (Wildman–Crippen MR) is 379 cm³/mol. The summed E-state index contributed by atoms with van der Waals surface area (Å²) in [5.74, 6) is -0.486. The highest BCUT2D eigenvalue weighted by Gasteiger charge is 2.30. The van der Waals surface area contributed by atoms with E-state index in [1.807, 2.05) is 33.3 Å². The van der Waals surface area contributed by atoms with E-state index in [2.05, 4.69) is 62.5 Å². The van der Waals surface area contributed by atoms with E-state index in [0.717, 1.165) is 64.2 Å². The van der Waals surface area contributed by atoms with E-state index in [4.69, 9.17) is 13.8 Å². The second-order valence-electron chi connectivity index (χ2n) is 27.2. The van der Waals surface area contributed by atoms with Crippen molar-refractivity contribution in [2.75, 3.05) is 40.9 Å². The SMILES string of the molecule is CCCCC/C=C\C/C=C\CCCCCCCCCCCCCCCCCCCC(=O)OC(/C=C/CCCCCCCCCCC)C(COP(=O)(O)OCC[N+](C)(C)C)NC(=O)CCCCCCCCCCCCCCC/C=C/CCCCCCCC. The summed E-state index contributed by atoms with van der Waals surface area (Å²) in [6.07, 6.45) is 85.7. The molecule has 0 saturated heterocycles. The Morgan fingerprint density at radius 3 is 1.07 bits per heavy atom. The fourth-order valence-corrected chi connectivity index (χ4v) is 12.1. The number of carbonyl (C=O) groups is 2. The van der Waals surface area contributed by atoms with Gasteiger partial charge in [-0.05, 0) is 89.5 Å². The minimum absolute atomic E-state index is 0.0424. The molecule has 0 aromatic carbocycles. The van der Waals surface area contributed by atoms with Crippen LogP contribution in [0.5, 0.6) is 0 Å². The van der Waals surface area contributed by atoms with Crippen LogP contribution < -0.4 is 5.32 Å². The Balaban J connectivity index is 4.90. The fraction of sp³-hybridized carbons (Fsp3) is 0.870. The van der Waals surface area contributed by atoms with Crippen molar-refractivity contribution >= 4 is 19.7 Å². The molecule has 0 aliphatic carbocycles. The van der Waals surface area contributed by atoms with Crippen molar-refractivity contribution in [1.82, 2.24) is 5.32 Å². The maximum Gasteiger partial charge on any atom is 0.472 e. The lowest BCUT2D eigenvalue weighted by atomic mass is 10.0. The molecule has 3 unspecified atom stereocenters. The van der Waals surface area contributed by atoms with Crippen molar-refractivity contribution in [1.29, 1.82) is 0 Å². The van der Waals surface area contributed by atoms with E-state index >= 15 is 0 Å². The Hall–Kier alpha value is -2.03. The number of hydrogen-bond donors (Lipinski definition) is 2. The number of nitrogens with zero attached hydrogens (tertiary/aromatic N) is 1. The van der Waals surface area contributed by atoms with Crippen molar-refractivity contribution in [2.24, 2.45) is 0 Å². The summed E-state index contributed by atoms with van der Waals surface area (Å²) < 4.78 is 30.9. The van der Waals surface area contributed by atoms with Gasteiger partial charge in [0.2, 0.25) is 5.91 Å². The van der Waals surface area contributed by atoms with Gasteiger partial charge in [0.25, 0.3) is 0 Å². The Bertz CT molecular complexity index is 1620. The summed E-state index contributed by atoms with van der Waals surface area (Å²) >= 11 is 0. The Morgan fingerprint density at radius 2 is 0.701 bits per heavy atom. The molecule has 9 nitrogen and oxygen atoms in total. The first-order chi connectivity index (χ1) is 42.4. The zero-order chi connectivity index (χ0) is 63.5. The number of nitrogens with one attached hydrogen (secondary N) is 1. The molecule has 0 radical (unpaired) electrons. The van der Waals surface area contributed by atoms with Gasteiger partial charge in [-0.1, -0.05) is 327 Å². The molecular weight excluding hydrogens is 1100 g/mol. The largest absolute Gasteiger partial charge is 0.472 e.